The lowest BCUT2D eigenvalue weighted by Gasteiger charge is -2.13. The summed E-state index contributed by atoms with van der Waals surface area (Å²) < 4.78 is 0. The molecule has 1 atom stereocenters. The van der Waals surface area contributed by atoms with E-state index >= 15 is 0 Å². The summed E-state index contributed by atoms with van der Waals surface area (Å²) in [6.07, 6.45) is 8.84. The molecule has 0 aromatic heterocycles. The van der Waals surface area contributed by atoms with Crippen LogP contribution >= 0.6 is 0 Å². The van der Waals surface area contributed by atoms with Crippen LogP contribution < -0.4 is 10.6 Å². The van der Waals surface area contributed by atoms with E-state index in [1.165, 1.54) is 18.4 Å². The molecule has 3 amide bonds. The van der Waals surface area contributed by atoms with E-state index in [0.717, 1.165) is 24.8 Å². The van der Waals surface area contributed by atoms with E-state index < -0.39 is 0 Å². The number of benzene rings is 1. The van der Waals surface area contributed by atoms with E-state index in [1.807, 2.05) is 12.1 Å². The maximum Gasteiger partial charge on any atom is 0.251 e. The lowest BCUT2D eigenvalue weighted by molar-refractivity contribution is -0.125. The van der Waals surface area contributed by atoms with Crippen molar-refractivity contribution in [1.29, 1.82) is 0 Å². The normalized spacial score (nSPS) is 20.2. The number of amides is 3. The van der Waals surface area contributed by atoms with E-state index in [2.05, 4.69) is 16.7 Å². The smallest absolute Gasteiger partial charge is 0.251 e. The number of nitrogens with one attached hydrogen (secondary N) is 2. The first-order valence-electron chi connectivity index (χ1n) is 9.00. The van der Waals surface area contributed by atoms with Crippen molar-refractivity contribution in [3.63, 3.8) is 0 Å². The van der Waals surface area contributed by atoms with Crippen LogP contribution in [0.3, 0.4) is 0 Å². The molecule has 1 saturated heterocycles. The average Bonchev–Trinajstić information content (AvgIpc) is 2.93. The molecular formula is C20H24N2O3. The van der Waals surface area contributed by atoms with Crippen LogP contribution in [0.2, 0.25) is 0 Å². The molecule has 1 fully saturated rings. The number of allylic oxidation sites excluding steroid dienone is 1. The number of imide groups is 1. The number of rotatable bonds is 6. The lowest BCUT2D eigenvalue weighted by atomic mass is 9.97. The summed E-state index contributed by atoms with van der Waals surface area (Å²) >= 11 is 0. The summed E-state index contributed by atoms with van der Waals surface area (Å²) in [5, 5.41) is 5.28. The molecule has 1 aromatic carbocycles. The maximum atomic E-state index is 12.2. The molecule has 1 unspecified atom stereocenters. The summed E-state index contributed by atoms with van der Waals surface area (Å²) in [6.45, 7) is 0.663. The summed E-state index contributed by atoms with van der Waals surface area (Å²) in [5.41, 5.74) is 3.03. The zero-order valence-electron chi connectivity index (χ0n) is 14.3. The lowest BCUT2D eigenvalue weighted by Crippen LogP contribution is -2.25. The van der Waals surface area contributed by atoms with Crippen LogP contribution in [0.4, 0.5) is 0 Å². The summed E-state index contributed by atoms with van der Waals surface area (Å²) in [5.74, 6) is -0.782. The Labute approximate surface area is 147 Å². The van der Waals surface area contributed by atoms with Gasteiger partial charge in [-0.2, -0.15) is 0 Å². The molecule has 5 nitrogen and oxygen atoms in total. The molecule has 0 bridgehead atoms. The molecule has 2 N–H and O–H groups in total. The SMILES string of the molecule is O=C1CC(Cc2ccc(C(=O)NCCC3=CCCCC3)cc2)C(=O)N1. The van der Waals surface area contributed by atoms with Crippen LogP contribution in [0, 0.1) is 5.92 Å². The highest BCUT2D eigenvalue weighted by molar-refractivity contribution is 6.03. The van der Waals surface area contributed by atoms with Crippen LogP contribution in [-0.4, -0.2) is 24.3 Å². The molecule has 3 rings (SSSR count). The predicted molar refractivity (Wildman–Crippen MR) is 94.9 cm³/mol. The van der Waals surface area contributed by atoms with Crippen LogP contribution in [0.15, 0.2) is 35.9 Å². The van der Waals surface area contributed by atoms with E-state index in [1.54, 1.807) is 12.1 Å². The Morgan fingerprint density at radius 1 is 1.16 bits per heavy atom. The van der Waals surface area contributed by atoms with Gasteiger partial charge in [0, 0.05) is 18.5 Å². The van der Waals surface area contributed by atoms with Crippen molar-refractivity contribution in [2.75, 3.05) is 6.54 Å². The van der Waals surface area contributed by atoms with Crippen LogP contribution in [-0.2, 0) is 16.0 Å². The second kappa shape index (κ2) is 8.10. The number of carbonyl (C=O) groups excluding carboxylic acids is 3. The summed E-state index contributed by atoms with van der Waals surface area (Å²) in [4.78, 5) is 35.0. The van der Waals surface area contributed by atoms with E-state index in [-0.39, 0.29) is 30.1 Å². The third-order valence-corrected chi connectivity index (χ3v) is 4.88. The van der Waals surface area contributed by atoms with Gasteiger partial charge in [0.15, 0.2) is 0 Å². The quantitative estimate of drug-likeness (QED) is 0.617. The molecule has 1 aromatic rings. The van der Waals surface area contributed by atoms with Gasteiger partial charge in [0.05, 0.1) is 5.92 Å². The van der Waals surface area contributed by atoms with Crippen LogP contribution in [0.1, 0.15) is 54.4 Å². The molecule has 2 aliphatic rings. The van der Waals surface area contributed by atoms with Crippen molar-refractivity contribution >= 4 is 17.7 Å². The first-order chi connectivity index (χ1) is 12.1. The standard InChI is InChI=1S/C20H24N2O3/c23-18-13-17(20(25)22-18)12-15-6-8-16(9-7-15)19(24)21-11-10-14-4-2-1-3-5-14/h4,6-9,17H,1-3,5,10-13H2,(H,21,24)(H,22,23,25). The fourth-order valence-corrected chi connectivity index (χ4v) is 3.42. The monoisotopic (exact) mass is 340 g/mol. The highest BCUT2D eigenvalue weighted by Crippen LogP contribution is 2.20. The van der Waals surface area contributed by atoms with Crippen LogP contribution in [0.25, 0.3) is 0 Å². The molecule has 1 heterocycles. The molecule has 0 spiro atoms. The van der Waals surface area contributed by atoms with E-state index in [0.29, 0.717) is 18.5 Å². The van der Waals surface area contributed by atoms with Gasteiger partial charge in [-0.05, 0) is 56.2 Å². The van der Waals surface area contributed by atoms with Crippen molar-refractivity contribution in [3.05, 3.63) is 47.0 Å². The Bertz CT molecular complexity index is 691. The first kappa shape index (κ1) is 17.4. The van der Waals surface area contributed by atoms with Gasteiger partial charge in [-0.15, -0.1) is 0 Å². The van der Waals surface area contributed by atoms with Crippen LogP contribution in [0.5, 0.6) is 0 Å². The second-order valence-electron chi connectivity index (χ2n) is 6.83. The van der Waals surface area contributed by atoms with Crippen molar-refractivity contribution in [2.24, 2.45) is 5.92 Å². The number of carbonyl (C=O) groups is 3. The molecule has 0 saturated carbocycles. The highest BCUT2D eigenvalue weighted by Gasteiger charge is 2.30. The van der Waals surface area contributed by atoms with Gasteiger partial charge >= 0.3 is 0 Å². The minimum atomic E-state index is -0.295. The predicted octanol–water partition coefficient (Wildman–Crippen LogP) is 2.51. The van der Waals surface area contributed by atoms with Gasteiger partial charge in [-0.1, -0.05) is 23.8 Å². The number of hydrogen-bond donors (Lipinski definition) is 2. The first-order valence-corrected chi connectivity index (χ1v) is 9.00. The Kier molecular flexibility index (Phi) is 5.64. The van der Waals surface area contributed by atoms with Gasteiger partial charge < -0.3 is 5.32 Å². The van der Waals surface area contributed by atoms with E-state index in [4.69, 9.17) is 0 Å². The minimum absolute atomic E-state index is 0.0725. The van der Waals surface area contributed by atoms with Crippen molar-refractivity contribution in [2.45, 2.75) is 44.9 Å². The molecule has 25 heavy (non-hydrogen) atoms. The second-order valence-corrected chi connectivity index (χ2v) is 6.83. The highest BCUT2D eigenvalue weighted by atomic mass is 16.2. The Morgan fingerprint density at radius 3 is 2.60 bits per heavy atom. The fourth-order valence-electron chi connectivity index (χ4n) is 3.42. The molecule has 132 valence electrons. The minimum Gasteiger partial charge on any atom is -0.352 e. The van der Waals surface area contributed by atoms with Gasteiger partial charge in [0.25, 0.3) is 5.91 Å². The average molecular weight is 340 g/mol. The zero-order valence-corrected chi connectivity index (χ0v) is 14.3. The third-order valence-electron chi connectivity index (χ3n) is 4.88. The van der Waals surface area contributed by atoms with Crippen molar-refractivity contribution < 1.29 is 14.4 Å². The summed E-state index contributed by atoms with van der Waals surface area (Å²) in [6, 6.07) is 7.27. The number of hydrogen-bond acceptors (Lipinski definition) is 3. The third kappa shape index (κ3) is 4.78. The van der Waals surface area contributed by atoms with Gasteiger partial charge in [-0.3, -0.25) is 19.7 Å². The molecule has 0 radical (unpaired) electrons. The fraction of sp³-hybridized carbons (Fsp3) is 0.450. The summed E-state index contributed by atoms with van der Waals surface area (Å²) in [7, 11) is 0. The van der Waals surface area contributed by atoms with Crippen molar-refractivity contribution in [1.82, 2.24) is 10.6 Å². The molecule has 5 heteroatoms. The Morgan fingerprint density at radius 2 is 1.96 bits per heavy atom. The Hall–Kier alpha value is -2.43. The van der Waals surface area contributed by atoms with Gasteiger partial charge in [0.2, 0.25) is 11.8 Å². The molecular weight excluding hydrogens is 316 g/mol. The van der Waals surface area contributed by atoms with Gasteiger partial charge in [0.1, 0.15) is 0 Å². The van der Waals surface area contributed by atoms with E-state index in [9.17, 15) is 14.4 Å². The maximum absolute atomic E-state index is 12.2. The molecule has 1 aliphatic heterocycles. The topological polar surface area (TPSA) is 75.3 Å². The van der Waals surface area contributed by atoms with Crippen molar-refractivity contribution in [3.8, 4) is 0 Å². The largest absolute Gasteiger partial charge is 0.352 e. The zero-order chi connectivity index (χ0) is 17.6. The Balaban J connectivity index is 1.47. The molecule has 1 aliphatic carbocycles. The van der Waals surface area contributed by atoms with Gasteiger partial charge in [-0.25, -0.2) is 0 Å².